The van der Waals surface area contributed by atoms with Crippen LogP contribution in [-0.2, 0) is 0 Å². The Morgan fingerprint density at radius 2 is 1.75 bits per heavy atom. The summed E-state index contributed by atoms with van der Waals surface area (Å²) in [5, 5.41) is 0. The third kappa shape index (κ3) is 1.84. The van der Waals surface area contributed by atoms with Gasteiger partial charge in [0.25, 0.3) is 0 Å². The first-order valence-electron chi connectivity index (χ1n) is 5.48. The van der Waals surface area contributed by atoms with E-state index in [0.717, 1.165) is 11.6 Å². The summed E-state index contributed by atoms with van der Waals surface area (Å²) in [4.78, 5) is 0. The van der Waals surface area contributed by atoms with Crippen molar-refractivity contribution in [1.82, 2.24) is 0 Å². The van der Waals surface area contributed by atoms with Crippen molar-refractivity contribution < 1.29 is 0 Å². The van der Waals surface area contributed by atoms with E-state index >= 15 is 0 Å². The second-order valence-corrected chi connectivity index (χ2v) is 9.47. The van der Waals surface area contributed by atoms with Crippen LogP contribution in [0.5, 0.6) is 0 Å². The molecular formula is C11H24P+. The average molecular weight is 187 g/mol. The van der Waals surface area contributed by atoms with Crippen molar-refractivity contribution in [2.24, 2.45) is 5.92 Å². The van der Waals surface area contributed by atoms with Gasteiger partial charge in [-0.15, -0.1) is 0 Å². The van der Waals surface area contributed by atoms with E-state index in [1.54, 1.807) is 0 Å². The lowest BCUT2D eigenvalue weighted by molar-refractivity contribution is 0.614. The molecule has 0 spiro atoms. The zero-order chi connectivity index (χ0) is 9.19. The maximum Gasteiger partial charge on any atom is 0.0720 e. The zero-order valence-corrected chi connectivity index (χ0v) is 10.0. The molecule has 0 amide bonds. The van der Waals surface area contributed by atoms with Crippen LogP contribution in [0.4, 0.5) is 0 Å². The van der Waals surface area contributed by atoms with Gasteiger partial charge in [-0.2, -0.15) is 0 Å². The summed E-state index contributed by atoms with van der Waals surface area (Å²) in [6.45, 7) is 9.88. The van der Waals surface area contributed by atoms with E-state index < -0.39 is 7.26 Å². The van der Waals surface area contributed by atoms with Gasteiger partial charge in [0.05, 0.1) is 18.0 Å². The van der Waals surface area contributed by atoms with Crippen LogP contribution in [0.25, 0.3) is 0 Å². The topological polar surface area (TPSA) is 0 Å². The van der Waals surface area contributed by atoms with E-state index in [4.69, 9.17) is 0 Å². The Morgan fingerprint density at radius 3 is 2.08 bits per heavy atom. The summed E-state index contributed by atoms with van der Waals surface area (Å²) in [5.41, 5.74) is 1.12. The molecule has 12 heavy (non-hydrogen) atoms. The van der Waals surface area contributed by atoms with E-state index in [0.29, 0.717) is 0 Å². The average Bonchev–Trinajstić information content (AvgIpc) is 2.51. The molecule has 0 radical (unpaired) electrons. The summed E-state index contributed by atoms with van der Waals surface area (Å²) in [7, 11) is -0.535. The van der Waals surface area contributed by atoms with Crippen LogP contribution in [0.2, 0.25) is 0 Å². The highest BCUT2D eigenvalue weighted by Crippen LogP contribution is 2.64. The fourth-order valence-corrected chi connectivity index (χ4v) is 6.31. The van der Waals surface area contributed by atoms with Crippen molar-refractivity contribution in [3.05, 3.63) is 0 Å². The van der Waals surface area contributed by atoms with E-state index in [2.05, 4.69) is 27.4 Å². The number of hydrogen-bond donors (Lipinski definition) is 0. The Morgan fingerprint density at radius 1 is 1.17 bits per heavy atom. The molecule has 2 unspecified atom stereocenters. The molecule has 1 rings (SSSR count). The lowest BCUT2D eigenvalue weighted by Gasteiger charge is -2.29. The van der Waals surface area contributed by atoms with Crippen LogP contribution in [0.3, 0.4) is 0 Å². The molecule has 0 saturated heterocycles. The molecule has 0 aliphatic heterocycles. The minimum absolute atomic E-state index is 0.535. The predicted molar refractivity (Wildman–Crippen MR) is 60.7 cm³/mol. The Bertz CT molecular complexity index is 138. The van der Waals surface area contributed by atoms with E-state index in [-0.39, 0.29) is 0 Å². The molecule has 72 valence electrons. The van der Waals surface area contributed by atoms with E-state index in [1.165, 1.54) is 31.6 Å². The lowest BCUT2D eigenvalue weighted by atomic mass is 10.1. The van der Waals surface area contributed by atoms with Gasteiger partial charge in [-0.1, -0.05) is 6.92 Å². The lowest BCUT2D eigenvalue weighted by Crippen LogP contribution is -2.19. The first-order valence-corrected chi connectivity index (χ1v) is 8.15. The number of hydrogen-bond acceptors (Lipinski definition) is 0. The molecule has 1 fully saturated rings. The standard InChI is InChI=1S/C11H24P/c1-5-12(4,6-2)11-9-7-8-10(11)3/h10-11H,5-9H2,1-4H3/q+1. The van der Waals surface area contributed by atoms with Crippen molar-refractivity contribution in [2.45, 2.75) is 45.7 Å². The molecule has 0 nitrogen and oxygen atoms in total. The van der Waals surface area contributed by atoms with Crippen LogP contribution in [0.15, 0.2) is 0 Å². The van der Waals surface area contributed by atoms with Crippen molar-refractivity contribution in [1.29, 1.82) is 0 Å². The van der Waals surface area contributed by atoms with E-state index in [9.17, 15) is 0 Å². The first-order chi connectivity index (χ1) is 5.64. The second-order valence-electron chi connectivity index (χ2n) is 4.59. The normalized spacial score (nSPS) is 31.0. The monoisotopic (exact) mass is 187 g/mol. The van der Waals surface area contributed by atoms with Gasteiger partial charge in [-0.25, -0.2) is 0 Å². The van der Waals surface area contributed by atoms with Gasteiger partial charge in [0, 0.05) is 13.9 Å². The minimum atomic E-state index is -0.535. The molecular weight excluding hydrogens is 163 g/mol. The summed E-state index contributed by atoms with van der Waals surface area (Å²) in [6, 6.07) is 0. The summed E-state index contributed by atoms with van der Waals surface area (Å²) < 4.78 is 0. The summed E-state index contributed by atoms with van der Waals surface area (Å²) in [6.07, 6.45) is 7.48. The fraction of sp³-hybridized carbons (Fsp3) is 1.00. The quantitative estimate of drug-likeness (QED) is 0.588. The van der Waals surface area contributed by atoms with Gasteiger partial charge in [0.2, 0.25) is 0 Å². The molecule has 0 N–H and O–H groups in total. The molecule has 1 aliphatic rings. The second kappa shape index (κ2) is 4.09. The van der Waals surface area contributed by atoms with Crippen LogP contribution in [0, 0.1) is 5.92 Å². The predicted octanol–water partition coefficient (Wildman–Crippen LogP) is 3.86. The van der Waals surface area contributed by atoms with Gasteiger partial charge in [-0.3, -0.25) is 0 Å². The zero-order valence-electron chi connectivity index (χ0n) is 9.14. The van der Waals surface area contributed by atoms with Crippen LogP contribution in [-0.4, -0.2) is 24.6 Å². The minimum Gasteiger partial charge on any atom is -0.0588 e. The first kappa shape index (κ1) is 10.5. The SMILES string of the molecule is CC[P+](C)(CC)C1CCCC1C. The highest BCUT2D eigenvalue weighted by molar-refractivity contribution is 7.75. The molecule has 2 atom stereocenters. The molecule has 0 aromatic carbocycles. The maximum absolute atomic E-state index is 2.60. The number of rotatable bonds is 3. The van der Waals surface area contributed by atoms with Gasteiger partial charge in [-0.05, 0) is 39.0 Å². The molecule has 1 heteroatoms. The Kier molecular flexibility index (Phi) is 3.58. The fourth-order valence-electron chi connectivity index (χ4n) is 2.74. The highest BCUT2D eigenvalue weighted by atomic mass is 31.2. The molecule has 0 aromatic heterocycles. The van der Waals surface area contributed by atoms with Crippen LogP contribution < -0.4 is 0 Å². The highest BCUT2D eigenvalue weighted by Gasteiger charge is 2.43. The van der Waals surface area contributed by atoms with Crippen molar-refractivity contribution in [3.63, 3.8) is 0 Å². The molecule has 1 saturated carbocycles. The van der Waals surface area contributed by atoms with Gasteiger partial charge >= 0.3 is 0 Å². The third-order valence-corrected chi connectivity index (χ3v) is 9.32. The van der Waals surface area contributed by atoms with Crippen LogP contribution in [0.1, 0.15) is 40.0 Å². The van der Waals surface area contributed by atoms with Crippen molar-refractivity contribution in [3.8, 4) is 0 Å². The third-order valence-electron chi connectivity index (χ3n) is 4.06. The van der Waals surface area contributed by atoms with E-state index in [1.807, 2.05) is 0 Å². The van der Waals surface area contributed by atoms with Crippen molar-refractivity contribution >= 4 is 7.26 Å². The smallest absolute Gasteiger partial charge is 0.0588 e. The van der Waals surface area contributed by atoms with Gasteiger partial charge in [0.1, 0.15) is 0 Å². The van der Waals surface area contributed by atoms with Crippen molar-refractivity contribution in [2.75, 3.05) is 19.0 Å². The molecule has 0 bridgehead atoms. The summed E-state index contributed by atoms with van der Waals surface area (Å²) >= 11 is 0. The summed E-state index contributed by atoms with van der Waals surface area (Å²) in [5.74, 6) is 1.03. The Hall–Kier alpha value is 0.430. The largest absolute Gasteiger partial charge is 0.0720 e. The molecule has 1 aliphatic carbocycles. The van der Waals surface area contributed by atoms with Gasteiger partial charge in [0.15, 0.2) is 0 Å². The molecule has 0 heterocycles. The van der Waals surface area contributed by atoms with Crippen LogP contribution >= 0.6 is 7.26 Å². The molecule has 0 aromatic rings. The van der Waals surface area contributed by atoms with Gasteiger partial charge < -0.3 is 0 Å². The Balaban J connectivity index is 2.64. The maximum atomic E-state index is 2.60. The Labute approximate surface area is 78.5 Å².